The molecule has 0 spiro atoms. The largest absolute Gasteiger partial charge is 0.464 e. The Kier molecular flexibility index (Phi) is 12.2. The first-order valence-corrected chi connectivity index (χ1v) is 23.8. The average molecular weight is 935 g/mol. The summed E-state index contributed by atoms with van der Waals surface area (Å²) in [4.78, 5) is 61.0. The van der Waals surface area contributed by atoms with Crippen molar-refractivity contribution < 1.29 is 37.7 Å². The van der Waals surface area contributed by atoms with Gasteiger partial charge >= 0.3 is 12.2 Å². The molecule has 354 valence electrons. The fourth-order valence-corrected chi connectivity index (χ4v) is 10.7. The lowest BCUT2D eigenvalue weighted by molar-refractivity contribution is -0.135. The van der Waals surface area contributed by atoms with Gasteiger partial charge in [0.2, 0.25) is 12.1 Å². The van der Waals surface area contributed by atoms with Gasteiger partial charge in [0, 0.05) is 48.0 Å². The number of imidazole rings is 2. The van der Waals surface area contributed by atoms with Crippen molar-refractivity contribution in [1.82, 2.24) is 39.6 Å². The van der Waals surface area contributed by atoms with E-state index in [1.807, 2.05) is 58.9 Å². The van der Waals surface area contributed by atoms with Gasteiger partial charge in [-0.25, -0.2) is 23.9 Å². The van der Waals surface area contributed by atoms with Crippen LogP contribution in [0.25, 0.3) is 44.7 Å². The number of rotatable bonds is 11. The molecule has 2 saturated heterocycles. The van der Waals surface area contributed by atoms with Gasteiger partial charge in [-0.05, 0) is 109 Å². The van der Waals surface area contributed by atoms with Crippen molar-refractivity contribution >= 4 is 40.3 Å². The van der Waals surface area contributed by atoms with Crippen molar-refractivity contribution in [2.75, 3.05) is 27.3 Å². The third-order valence-electron chi connectivity index (χ3n) is 13.0. The fourth-order valence-electron chi connectivity index (χ4n) is 9.49. The standard InChI is InChI=1S/C50H59FN8O7S/c1-27(2)42(56-47(61)63-8)45(60)57-18-10-12-36(57)43-53-26-34(55-43)29-21-32(51)41-38-22-30-20-28(33-25-52-44(54-33)37-13-11-19-58(37)48(62)66-49(3,4)5)14-16-35(30)59(38)46(65-39(41)23-29)40-17-15-31(67-40)24-50(6,7)64-9/h14-17,20-23,25-27,36-37,42,46H,10-13,18-19,24H2,1-9H3,(H,52,54)(H,53,55)(H,56,61)/t36-,37-,42-,46?/m0/s1. The number of alkyl carbamates (subject to hydrolysis) is 1. The first kappa shape index (κ1) is 45.9. The van der Waals surface area contributed by atoms with E-state index in [0.717, 1.165) is 51.2 Å². The molecule has 4 atom stereocenters. The molecule has 3 aliphatic heterocycles. The molecule has 0 radical (unpaired) electrons. The van der Waals surface area contributed by atoms with Crippen LogP contribution in [-0.4, -0.2) is 96.9 Å². The number of nitrogens with one attached hydrogen (secondary N) is 3. The summed E-state index contributed by atoms with van der Waals surface area (Å²) in [6, 6.07) is 14.3. The smallest absolute Gasteiger partial charge is 0.410 e. The molecule has 2 aromatic carbocycles. The van der Waals surface area contributed by atoms with Crippen LogP contribution < -0.4 is 10.1 Å². The third kappa shape index (κ3) is 9.02. The molecular formula is C50H59FN8O7S. The van der Waals surface area contributed by atoms with Crippen molar-refractivity contribution in [3.05, 3.63) is 88.1 Å². The number of aromatic amines is 2. The van der Waals surface area contributed by atoms with Crippen LogP contribution in [-0.2, 0) is 25.4 Å². The molecule has 15 nitrogen and oxygen atoms in total. The van der Waals surface area contributed by atoms with E-state index in [-0.39, 0.29) is 35.6 Å². The Hall–Kier alpha value is -6.20. The zero-order valence-electron chi connectivity index (χ0n) is 39.5. The summed E-state index contributed by atoms with van der Waals surface area (Å²) in [5.41, 5.74) is 3.70. The van der Waals surface area contributed by atoms with Crippen LogP contribution in [0.15, 0.2) is 60.9 Å². The van der Waals surface area contributed by atoms with Crippen LogP contribution in [0, 0.1) is 11.7 Å². The molecule has 3 amide bonds. The maximum Gasteiger partial charge on any atom is 0.410 e. The minimum absolute atomic E-state index is 0.174. The van der Waals surface area contributed by atoms with E-state index in [4.69, 9.17) is 28.9 Å². The Morgan fingerprint density at radius 1 is 0.896 bits per heavy atom. The van der Waals surface area contributed by atoms with E-state index in [1.54, 1.807) is 40.6 Å². The van der Waals surface area contributed by atoms with Crippen LogP contribution >= 0.6 is 11.3 Å². The van der Waals surface area contributed by atoms with Crippen molar-refractivity contribution in [3.63, 3.8) is 0 Å². The zero-order valence-corrected chi connectivity index (χ0v) is 40.3. The molecule has 7 heterocycles. The highest BCUT2D eigenvalue weighted by Gasteiger charge is 2.39. The summed E-state index contributed by atoms with van der Waals surface area (Å²) >= 11 is 1.64. The quantitative estimate of drug-likeness (QED) is 0.114. The number of halogens is 1. The molecule has 0 saturated carbocycles. The van der Waals surface area contributed by atoms with Gasteiger partial charge in [-0.3, -0.25) is 14.3 Å². The minimum atomic E-state index is -0.769. The van der Waals surface area contributed by atoms with Crippen molar-refractivity contribution in [3.8, 4) is 39.5 Å². The number of carbonyl (C=O) groups is 3. The van der Waals surface area contributed by atoms with E-state index < -0.39 is 29.8 Å². The van der Waals surface area contributed by atoms with Gasteiger partial charge in [0.1, 0.15) is 34.9 Å². The Bertz CT molecular complexity index is 2840. The summed E-state index contributed by atoms with van der Waals surface area (Å²) in [7, 11) is 2.98. The van der Waals surface area contributed by atoms with E-state index in [9.17, 15) is 14.4 Å². The van der Waals surface area contributed by atoms with Gasteiger partial charge in [0.15, 0.2) is 0 Å². The predicted molar refractivity (Wildman–Crippen MR) is 253 cm³/mol. The second-order valence-corrected chi connectivity index (χ2v) is 20.9. The normalized spacial score (nSPS) is 18.8. The van der Waals surface area contributed by atoms with Crippen molar-refractivity contribution in [2.24, 2.45) is 5.92 Å². The van der Waals surface area contributed by atoms with Gasteiger partial charge < -0.3 is 39.1 Å². The summed E-state index contributed by atoms with van der Waals surface area (Å²) in [6.07, 6.45) is 5.59. The topological polar surface area (TPSA) is 169 Å². The van der Waals surface area contributed by atoms with Crippen molar-refractivity contribution in [2.45, 2.75) is 116 Å². The highest BCUT2D eigenvalue weighted by atomic mass is 32.1. The molecule has 0 aliphatic carbocycles. The number of benzene rings is 2. The van der Waals surface area contributed by atoms with Crippen molar-refractivity contribution in [1.29, 1.82) is 0 Å². The SMILES string of the molecule is COC(=O)N[C@H](C(=O)N1CCC[C@H]1c1ncc(-c2cc(F)c3c(c2)OC(c2ccc(CC(C)(C)OC)s2)n2c-3cc3cc(-c4cnc([C@@H]5CCCN5C(=O)OC(C)(C)C)[nH]4)ccc32)[nH]1)C(C)C. The summed E-state index contributed by atoms with van der Waals surface area (Å²) in [5, 5.41) is 3.58. The number of aromatic nitrogens is 5. The number of thiophene rings is 1. The third-order valence-corrected chi connectivity index (χ3v) is 14.1. The minimum Gasteiger partial charge on any atom is -0.464 e. The van der Waals surface area contributed by atoms with Crippen LogP contribution in [0.2, 0.25) is 0 Å². The molecule has 3 aliphatic rings. The van der Waals surface area contributed by atoms with E-state index in [0.29, 0.717) is 65.8 Å². The van der Waals surface area contributed by atoms with Gasteiger partial charge in [-0.2, -0.15) is 0 Å². The Labute approximate surface area is 393 Å². The number of amides is 3. The molecule has 0 bridgehead atoms. The first-order valence-electron chi connectivity index (χ1n) is 23.0. The number of hydrogen-bond acceptors (Lipinski definition) is 10. The summed E-state index contributed by atoms with van der Waals surface area (Å²) in [6.45, 7) is 14.6. The van der Waals surface area contributed by atoms with Gasteiger partial charge in [-0.1, -0.05) is 19.9 Å². The summed E-state index contributed by atoms with van der Waals surface area (Å²) in [5.74, 6) is 0.811. The Balaban J connectivity index is 1.06. The lowest BCUT2D eigenvalue weighted by atomic mass is 10.0. The number of methoxy groups -OCH3 is 2. The number of carbonyl (C=O) groups excluding carboxylic acids is 3. The molecule has 3 N–H and O–H groups in total. The maximum atomic E-state index is 16.9. The molecule has 1 unspecified atom stereocenters. The molecule has 4 aromatic heterocycles. The first-order chi connectivity index (χ1) is 31.9. The van der Waals surface area contributed by atoms with Crippen LogP contribution in [0.5, 0.6) is 5.75 Å². The highest BCUT2D eigenvalue weighted by Crippen LogP contribution is 2.48. The van der Waals surface area contributed by atoms with Crippen LogP contribution in [0.3, 0.4) is 0 Å². The Morgan fingerprint density at radius 2 is 1.57 bits per heavy atom. The number of nitrogens with zero attached hydrogens (tertiary/aromatic N) is 5. The lowest BCUT2D eigenvalue weighted by Crippen LogP contribution is -2.51. The maximum absolute atomic E-state index is 16.9. The molecule has 17 heteroatoms. The predicted octanol–water partition coefficient (Wildman–Crippen LogP) is 10.3. The van der Waals surface area contributed by atoms with Gasteiger partial charge in [0.05, 0.1) is 70.2 Å². The van der Waals surface area contributed by atoms with Gasteiger partial charge in [-0.15, -0.1) is 11.3 Å². The number of H-pyrrole nitrogens is 2. The monoisotopic (exact) mass is 934 g/mol. The molecular weight excluding hydrogens is 876 g/mol. The highest BCUT2D eigenvalue weighted by molar-refractivity contribution is 7.12. The molecule has 6 aromatic rings. The van der Waals surface area contributed by atoms with Crippen LogP contribution in [0.4, 0.5) is 14.0 Å². The zero-order chi connectivity index (χ0) is 47.5. The second kappa shape index (κ2) is 17.8. The molecule has 67 heavy (non-hydrogen) atoms. The van der Waals surface area contributed by atoms with E-state index in [1.165, 1.54) is 13.2 Å². The lowest BCUT2D eigenvalue weighted by Gasteiger charge is -2.30. The second-order valence-electron chi connectivity index (χ2n) is 19.7. The Morgan fingerprint density at radius 3 is 2.22 bits per heavy atom. The van der Waals surface area contributed by atoms with Gasteiger partial charge in [0.25, 0.3) is 0 Å². The fraction of sp³-hybridized carbons (Fsp3) is 0.460. The number of likely N-dealkylation sites (tertiary alicyclic amines) is 2. The number of fused-ring (bicyclic) bond motifs is 5. The van der Waals surface area contributed by atoms with E-state index >= 15 is 4.39 Å². The van der Waals surface area contributed by atoms with E-state index in [2.05, 4.69) is 51.9 Å². The summed E-state index contributed by atoms with van der Waals surface area (Å²) < 4.78 is 42.2. The molecule has 2 fully saturated rings. The number of ether oxygens (including phenoxy) is 4. The molecule has 9 rings (SSSR count). The number of hydrogen-bond donors (Lipinski definition) is 3. The average Bonchev–Trinajstić information content (AvgIpc) is 4.14. The van der Waals surface area contributed by atoms with Crippen LogP contribution in [0.1, 0.15) is 114 Å².